The molecule has 1 rings (SSSR count). The first-order chi connectivity index (χ1) is 9.08. The van der Waals surface area contributed by atoms with Crippen molar-refractivity contribution in [3.05, 3.63) is 17.7 Å². The van der Waals surface area contributed by atoms with Gasteiger partial charge in [-0.25, -0.2) is 0 Å². The lowest BCUT2D eigenvalue weighted by Gasteiger charge is -2.18. The van der Waals surface area contributed by atoms with E-state index >= 15 is 0 Å². The molecule has 1 amide bonds. The van der Waals surface area contributed by atoms with Crippen molar-refractivity contribution in [3.63, 3.8) is 0 Å². The van der Waals surface area contributed by atoms with Crippen LogP contribution >= 0.6 is 0 Å². The second kappa shape index (κ2) is 6.84. The van der Waals surface area contributed by atoms with Crippen molar-refractivity contribution in [2.75, 3.05) is 41.5 Å². The first kappa shape index (κ1) is 15.1. The molecule has 6 heteroatoms. The number of likely N-dealkylation sites (N-methyl/N-ethyl adjacent to an activating group) is 1. The molecule has 0 saturated carbocycles. The number of hydrogen-bond donors (Lipinski definition) is 1. The molecular weight excluding hydrogens is 248 g/mol. The summed E-state index contributed by atoms with van der Waals surface area (Å²) in [6.07, 6.45) is 0. The SMILES string of the molecule is COc1cc(C(=O)N(C)CCN)cc(OC)c1OC. The van der Waals surface area contributed by atoms with Crippen molar-refractivity contribution in [3.8, 4) is 17.2 Å². The van der Waals surface area contributed by atoms with E-state index < -0.39 is 0 Å². The molecule has 19 heavy (non-hydrogen) atoms. The number of amides is 1. The molecule has 0 fully saturated rings. The Kier molecular flexibility index (Phi) is 5.44. The Morgan fingerprint density at radius 3 is 2.05 bits per heavy atom. The van der Waals surface area contributed by atoms with E-state index in [1.807, 2.05) is 0 Å². The second-order valence-electron chi connectivity index (χ2n) is 3.93. The van der Waals surface area contributed by atoms with Gasteiger partial charge in [-0.15, -0.1) is 0 Å². The van der Waals surface area contributed by atoms with Crippen LogP contribution in [0.25, 0.3) is 0 Å². The zero-order valence-corrected chi connectivity index (χ0v) is 11.7. The highest BCUT2D eigenvalue weighted by Gasteiger charge is 2.18. The monoisotopic (exact) mass is 268 g/mol. The van der Waals surface area contributed by atoms with Gasteiger partial charge in [0.15, 0.2) is 11.5 Å². The first-order valence-electron chi connectivity index (χ1n) is 5.84. The van der Waals surface area contributed by atoms with Gasteiger partial charge in [-0.1, -0.05) is 0 Å². The third-order valence-electron chi connectivity index (χ3n) is 2.72. The van der Waals surface area contributed by atoms with E-state index in [0.717, 1.165) is 0 Å². The summed E-state index contributed by atoms with van der Waals surface area (Å²) in [6, 6.07) is 3.24. The molecule has 1 aromatic carbocycles. The van der Waals surface area contributed by atoms with Crippen LogP contribution in [0.1, 0.15) is 10.4 Å². The van der Waals surface area contributed by atoms with Crippen molar-refractivity contribution in [1.82, 2.24) is 4.90 Å². The molecule has 0 atom stereocenters. The van der Waals surface area contributed by atoms with Gasteiger partial charge < -0.3 is 24.8 Å². The summed E-state index contributed by atoms with van der Waals surface area (Å²) in [7, 11) is 6.23. The van der Waals surface area contributed by atoms with Crippen LogP contribution in [0, 0.1) is 0 Å². The van der Waals surface area contributed by atoms with Crippen LogP contribution in [0.5, 0.6) is 17.2 Å². The lowest BCUT2D eigenvalue weighted by molar-refractivity contribution is 0.0798. The number of methoxy groups -OCH3 is 3. The number of benzene rings is 1. The molecule has 0 radical (unpaired) electrons. The molecule has 6 nitrogen and oxygen atoms in total. The molecule has 0 aliphatic heterocycles. The van der Waals surface area contributed by atoms with Crippen molar-refractivity contribution in [2.24, 2.45) is 5.73 Å². The Morgan fingerprint density at radius 2 is 1.68 bits per heavy atom. The van der Waals surface area contributed by atoms with Crippen LogP contribution in [0.2, 0.25) is 0 Å². The molecule has 106 valence electrons. The third-order valence-corrected chi connectivity index (χ3v) is 2.72. The minimum atomic E-state index is -0.148. The molecule has 0 unspecified atom stereocenters. The zero-order chi connectivity index (χ0) is 14.4. The van der Waals surface area contributed by atoms with Gasteiger partial charge in [-0.05, 0) is 12.1 Å². The number of ether oxygens (including phenoxy) is 3. The zero-order valence-electron chi connectivity index (χ0n) is 11.7. The minimum Gasteiger partial charge on any atom is -0.493 e. The van der Waals surface area contributed by atoms with Crippen LogP contribution in [0.15, 0.2) is 12.1 Å². The van der Waals surface area contributed by atoms with Gasteiger partial charge in [-0.3, -0.25) is 4.79 Å². The molecule has 0 spiro atoms. The van der Waals surface area contributed by atoms with E-state index in [9.17, 15) is 4.79 Å². The van der Waals surface area contributed by atoms with Crippen molar-refractivity contribution >= 4 is 5.91 Å². The molecule has 0 heterocycles. The van der Waals surface area contributed by atoms with E-state index in [2.05, 4.69) is 0 Å². The highest BCUT2D eigenvalue weighted by Crippen LogP contribution is 2.38. The molecular formula is C13H20N2O4. The Hall–Kier alpha value is -1.95. The van der Waals surface area contributed by atoms with Gasteiger partial charge >= 0.3 is 0 Å². The summed E-state index contributed by atoms with van der Waals surface area (Å²) in [5.74, 6) is 1.21. The maximum atomic E-state index is 12.2. The molecule has 1 aromatic rings. The maximum Gasteiger partial charge on any atom is 0.253 e. The van der Waals surface area contributed by atoms with E-state index in [1.165, 1.54) is 21.3 Å². The van der Waals surface area contributed by atoms with Gasteiger partial charge in [0.25, 0.3) is 5.91 Å². The van der Waals surface area contributed by atoms with Crippen LogP contribution in [-0.2, 0) is 0 Å². The molecule has 0 aliphatic carbocycles. The van der Waals surface area contributed by atoms with Crippen LogP contribution in [0.3, 0.4) is 0 Å². The van der Waals surface area contributed by atoms with Crippen LogP contribution in [-0.4, -0.2) is 52.3 Å². The fourth-order valence-corrected chi connectivity index (χ4v) is 1.72. The lowest BCUT2D eigenvalue weighted by atomic mass is 10.1. The standard InChI is InChI=1S/C13H20N2O4/c1-15(6-5-14)13(16)9-7-10(17-2)12(19-4)11(8-9)18-3/h7-8H,5-6,14H2,1-4H3. The van der Waals surface area contributed by atoms with E-state index in [4.69, 9.17) is 19.9 Å². The third kappa shape index (κ3) is 3.29. The minimum absolute atomic E-state index is 0.148. The number of nitrogens with zero attached hydrogens (tertiary/aromatic N) is 1. The molecule has 0 aromatic heterocycles. The van der Waals surface area contributed by atoms with Gasteiger partial charge in [-0.2, -0.15) is 0 Å². The van der Waals surface area contributed by atoms with E-state index in [0.29, 0.717) is 35.9 Å². The van der Waals surface area contributed by atoms with Crippen LogP contribution in [0.4, 0.5) is 0 Å². The molecule has 2 N–H and O–H groups in total. The summed E-state index contributed by atoms with van der Waals surface area (Å²) in [5.41, 5.74) is 5.90. The largest absolute Gasteiger partial charge is 0.493 e. The molecule has 0 saturated heterocycles. The number of rotatable bonds is 6. The van der Waals surface area contributed by atoms with Crippen molar-refractivity contribution in [2.45, 2.75) is 0 Å². The summed E-state index contributed by atoms with van der Waals surface area (Å²) in [5, 5.41) is 0. The normalized spacial score (nSPS) is 9.95. The lowest BCUT2D eigenvalue weighted by Crippen LogP contribution is -2.31. The van der Waals surface area contributed by atoms with E-state index in [1.54, 1.807) is 24.1 Å². The fourth-order valence-electron chi connectivity index (χ4n) is 1.72. The Bertz CT molecular complexity index is 423. The second-order valence-corrected chi connectivity index (χ2v) is 3.93. The van der Waals surface area contributed by atoms with Crippen molar-refractivity contribution in [1.29, 1.82) is 0 Å². The number of hydrogen-bond acceptors (Lipinski definition) is 5. The quantitative estimate of drug-likeness (QED) is 0.824. The summed E-state index contributed by atoms with van der Waals surface area (Å²) >= 11 is 0. The number of carbonyl (C=O) groups excluding carboxylic acids is 1. The van der Waals surface area contributed by atoms with E-state index in [-0.39, 0.29) is 5.91 Å². The summed E-state index contributed by atoms with van der Waals surface area (Å²) in [4.78, 5) is 13.7. The average molecular weight is 268 g/mol. The Labute approximate surface area is 113 Å². The highest BCUT2D eigenvalue weighted by molar-refractivity contribution is 5.95. The highest BCUT2D eigenvalue weighted by atomic mass is 16.5. The number of carbonyl (C=O) groups is 1. The smallest absolute Gasteiger partial charge is 0.253 e. The van der Waals surface area contributed by atoms with Gasteiger partial charge in [0.05, 0.1) is 21.3 Å². The maximum absolute atomic E-state index is 12.2. The fraction of sp³-hybridized carbons (Fsp3) is 0.462. The topological polar surface area (TPSA) is 74.0 Å². The summed E-state index contributed by atoms with van der Waals surface area (Å²) < 4.78 is 15.6. The number of nitrogens with two attached hydrogens (primary N) is 1. The summed E-state index contributed by atoms with van der Waals surface area (Å²) in [6.45, 7) is 0.891. The van der Waals surface area contributed by atoms with Gasteiger partial charge in [0.1, 0.15) is 0 Å². The Morgan fingerprint density at radius 1 is 1.16 bits per heavy atom. The average Bonchev–Trinajstić information content (AvgIpc) is 2.44. The molecule has 0 bridgehead atoms. The van der Waals surface area contributed by atoms with Gasteiger partial charge in [0.2, 0.25) is 5.75 Å². The Balaban J connectivity index is 3.19. The molecule has 0 aliphatic rings. The first-order valence-corrected chi connectivity index (χ1v) is 5.84. The predicted octanol–water partition coefficient (Wildman–Crippen LogP) is 0.743. The van der Waals surface area contributed by atoms with Gasteiger partial charge in [0, 0.05) is 25.7 Å². The predicted molar refractivity (Wildman–Crippen MR) is 72.1 cm³/mol. The van der Waals surface area contributed by atoms with Crippen LogP contribution < -0.4 is 19.9 Å². The van der Waals surface area contributed by atoms with Crippen molar-refractivity contribution < 1.29 is 19.0 Å².